The molecule has 2 unspecified atom stereocenters. The van der Waals surface area contributed by atoms with Gasteiger partial charge in [-0.1, -0.05) is 38.2 Å². The number of unbranched alkanes of at least 4 members (excludes halogenated alkanes) is 5. The van der Waals surface area contributed by atoms with Crippen molar-refractivity contribution in [2.45, 2.75) is 64.1 Å². The first kappa shape index (κ1) is 13.7. The van der Waals surface area contributed by atoms with Crippen molar-refractivity contribution in [3.8, 4) is 0 Å². The van der Waals surface area contributed by atoms with Gasteiger partial charge in [0.25, 0.3) is 0 Å². The Kier molecular flexibility index (Phi) is 7.52. The molecule has 0 spiro atoms. The van der Waals surface area contributed by atoms with Crippen molar-refractivity contribution < 1.29 is 9.47 Å². The highest BCUT2D eigenvalue weighted by Gasteiger charge is 2.32. The molecule has 2 nitrogen and oxygen atoms in total. The molecule has 0 aliphatic carbocycles. The molecule has 1 aliphatic heterocycles. The molecule has 1 rings (SSSR count). The first-order valence-electron chi connectivity index (χ1n) is 6.68. The molecule has 0 aromatic heterocycles. The minimum Gasteiger partial charge on any atom is -0.377 e. The SMILES string of the molecule is C=CCOCCCCCCCCC1OC1C. The molecule has 2 heteroatoms. The number of ether oxygens (including phenoxy) is 2. The molecule has 0 radical (unpaired) electrons. The van der Waals surface area contributed by atoms with Gasteiger partial charge in [0.15, 0.2) is 0 Å². The molecule has 94 valence electrons. The Morgan fingerprint density at radius 3 is 2.38 bits per heavy atom. The number of hydrogen-bond acceptors (Lipinski definition) is 2. The molecule has 16 heavy (non-hydrogen) atoms. The fourth-order valence-corrected chi connectivity index (χ4v) is 1.96. The fraction of sp³-hybridized carbons (Fsp3) is 0.857. The van der Waals surface area contributed by atoms with Gasteiger partial charge in [0.1, 0.15) is 0 Å². The largest absolute Gasteiger partial charge is 0.377 e. The maximum atomic E-state index is 5.37. The van der Waals surface area contributed by atoms with Crippen LogP contribution in [-0.2, 0) is 9.47 Å². The predicted octanol–water partition coefficient (Wildman–Crippen LogP) is 3.71. The van der Waals surface area contributed by atoms with Gasteiger partial charge in [0.05, 0.1) is 18.8 Å². The van der Waals surface area contributed by atoms with Crippen molar-refractivity contribution in [1.82, 2.24) is 0 Å². The highest BCUT2D eigenvalue weighted by molar-refractivity contribution is 4.79. The van der Waals surface area contributed by atoms with Crippen LogP contribution in [0.4, 0.5) is 0 Å². The first-order valence-corrected chi connectivity index (χ1v) is 6.68. The third-order valence-corrected chi connectivity index (χ3v) is 3.10. The van der Waals surface area contributed by atoms with Crippen LogP contribution >= 0.6 is 0 Å². The van der Waals surface area contributed by atoms with Gasteiger partial charge in [-0.2, -0.15) is 0 Å². The molecule has 1 fully saturated rings. The lowest BCUT2D eigenvalue weighted by molar-refractivity contribution is 0.157. The van der Waals surface area contributed by atoms with Crippen molar-refractivity contribution in [1.29, 1.82) is 0 Å². The smallest absolute Gasteiger partial charge is 0.0839 e. The fourth-order valence-electron chi connectivity index (χ4n) is 1.96. The topological polar surface area (TPSA) is 21.8 Å². The Labute approximate surface area is 100 Å². The summed E-state index contributed by atoms with van der Waals surface area (Å²) in [6.07, 6.45) is 12.1. The van der Waals surface area contributed by atoms with Crippen LogP contribution in [-0.4, -0.2) is 25.4 Å². The minimum atomic E-state index is 0.544. The van der Waals surface area contributed by atoms with Crippen LogP contribution in [0.3, 0.4) is 0 Å². The van der Waals surface area contributed by atoms with Gasteiger partial charge in [-0.15, -0.1) is 6.58 Å². The van der Waals surface area contributed by atoms with E-state index in [1.165, 1.54) is 44.9 Å². The second-order valence-electron chi connectivity index (χ2n) is 4.65. The van der Waals surface area contributed by atoms with Crippen molar-refractivity contribution in [2.75, 3.05) is 13.2 Å². The average molecular weight is 226 g/mol. The number of rotatable bonds is 11. The molecule has 1 aliphatic rings. The zero-order chi connectivity index (χ0) is 11.6. The minimum absolute atomic E-state index is 0.544. The van der Waals surface area contributed by atoms with Crippen LogP contribution < -0.4 is 0 Å². The standard InChI is InChI=1S/C14H26O2/c1-3-11-15-12-9-7-5-4-6-8-10-14-13(2)16-14/h3,13-14H,1,4-12H2,2H3. The molecule has 0 amide bonds. The summed E-state index contributed by atoms with van der Waals surface area (Å²) in [7, 11) is 0. The van der Waals surface area contributed by atoms with Gasteiger partial charge < -0.3 is 9.47 Å². The number of hydrogen-bond donors (Lipinski definition) is 0. The molecule has 0 bridgehead atoms. The van der Waals surface area contributed by atoms with E-state index in [-0.39, 0.29) is 0 Å². The van der Waals surface area contributed by atoms with Gasteiger partial charge >= 0.3 is 0 Å². The van der Waals surface area contributed by atoms with E-state index >= 15 is 0 Å². The number of epoxide rings is 1. The quantitative estimate of drug-likeness (QED) is 0.304. The Balaban J connectivity index is 1.66. The molecule has 0 aromatic carbocycles. The lowest BCUT2D eigenvalue weighted by Crippen LogP contribution is -1.94. The summed E-state index contributed by atoms with van der Waals surface area (Å²) in [5.74, 6) is 0. The summed E-state index contributed by atoms with van der Waals surface area (Å²) >= 11 is 0. The second kappa shape index (κ2) is 8.77. The molecule has 1 heterocycles. The third-order valence-electron chi connectivity index (χ3n) is 3.10. The normalized spacial score (nSPS) is 23.3. The van der Waals surface area contributed by atoms with E-state index in [4.69, 9.17) is 9.47 Å². The Morgan fingerprint density at radius 2 is 1.75 bits per heavy atom. The van der Waals surface area contributed by atoms with Crippen LogP contribution in [0.5, 0.6) is 0 Å². The molecule has 0 N–H and O–H groups in total. The van der Waals surface area contributed by atoms with E-state index in [2.05, 4.69) is 13.5 Å². The summed E-state index contributed by atoms with van der Waals surface area (Å²) in [5.41, 5.74) is 0. The molecular formula is C14H26O2. The lowest BCUT2D eigenvalue weighted by Gasteiger charge is -2.02. The van der Waals surface area contributed by atoms with Crippen LogP contribution in [0.15, 0.2) is 12.7 Å². The average Bonchev–Trinajstić information content (AvgIpc) is 2.97. The summed E-state index contributed by atoms with van der Waals surface area (Å²) in [6.45, 7) is 7.36. The molecule has 1 saturated heterocycles. The summed E-state index contributed by atoms with van der Waals surface area (Å²) < 4.78 is 10.7. The van der Waals surface area contributed by atoms with Crippen molar-refractivity contribution in [3.05, 3.63) is 12.7 Å². The maximum Gasteiger partial charge on any atom is 0.0839 e. The highest BCUT2D eigenvalue weighted by Crippen LogP contribution is 2.26. The van der Waals surface area contributed by atoms with Gasteiger partial charge in [-0.05, 0) is 19.8 Å². The Hall–Kier alpha value is -0.340. The van der Waals surface area contributed by atoms with Crippen molar-refractivity contribution in [3.63, 3.8) is 0 Å². The van der Waals surface area contributed by atoms with E-state index in [9.17, 15) is 0 Å². The molecule has 2 atom stereocenters. The van der Waals surface area contributed by atoms with Crippen molar-refractivity contribution in [2.24, 2.45) is 0 Å². The highest BCUT2D eigenvalue weighted by atomic mass is 16.6. The van der Waals surface area contributed by atoms with E-state index in [0.29, 0.717) is 18.8 Å². The first-order chi connectivity index (χ1) is 7.84. The Bertz CT molecular complexity index is 180. The van der Waals surface area contributed by atoms with Gasteiger partial charge in [-0.3, -0.25) is 0 Å². The summed E-state index contributed by atoms with van der Waals surface area (Å²) in [4.78, 5) is 0. The van der Waals surface area contributed by atoms with E-state index in [1.807, 2.05) is 0 Å². The third kappa shape index (κ3) is 7.02. The summed E-state index contributed by atoms with van der Waals surface area (Å²) in [5, 5.41) is 0. The monoisotopic (exact) mass is 226 g/mol. The van der Waals surface area contributed by atoms with Crippen LogP contribution in [0.1, 0.15) is 51.9 Å². The molecular weight excluding hydrogens is 200 g/mol. The van der Waals surface area contributed by atoms with Gasteiger partial charge in [-0.25, -0.2) is 0 Å². The predicted molar refractivity (Wildman–Crippen MR) is 67.7 cm³/mol. The molecule has 0 aromatic rings. The van der Waals surface area contributed by atoms with Crippen LogP contribution in [0.25, 0.3) is 0 Å². The zero-order valence-corrected chi connectivity index (χ0v) is 10.6. The van der Waals surface area contributed by atoms with Crippen LogP contribution in [0.2, 0.25) is 0 Å². The van der Waals surface area contributed by atoms with Crippen LogP contribution in [0, 0.1) is 0 Å². The van der Waals surface area contributed by atoms with E-state index in [1.54, 1.807) is 6.08 Å². The van der Waals surface area contributed by atoms with E-state index in [0.717, 1.165) is 6.61 Å². The summed E-state index contributed by atoms with van der Waals surface area (Å²) in [6, 6.07) is 0. The van der Waals surface area contributed by atoms with Gasteiger partial charge in [0, 0.05) is 6.61 Å². The zero-order valence-electron chi connectivity index (χ0n) is 10.6. The van der Waals surface area contributed by atoms with Gasteiger partial charge in [0.2, 0.25) is 0 Å². The Morgan fingerprint density at radius 1 is 1.12 bits per heavy atom. The maximum absolute atomic E-state index is 5.37. The second-order valence-corrected chi connectivity index (χ2v) is 4.65. The van der Waals surface area contributed by atoms with E-state index < -0.39 is 0 Å². The molecule has 0 saturated carbocycles. The van der Waals surface area contributed by atoms with Crippen molar-refractivity contribution >= 4 is 0 Å². The lowest BCUT2D eigenvalue weighted by atomic mass is 10.1.